The van der Waals surface area contributed by atoms with Gasteiger partial charge in [-0.1, -0.05) is 48.2 Å². The van der Waals surface area contributed by atoms with E-state index in [1.807, 2.05) is 0 Å². The van der Waals surface area contributed by atoms with Crippen LogP contribution in [0.2, 0.25) is 5.02 Å². The Morgan fingerprint density at radius 3 is 2.69 bits per heavy atom. The average Bonchev–Trinajstić information content (AvgIpc) is 3.31. The van der Waals surface area contributed by atoms with Crippen molar-refractivity contribution >= 4 is 27.6 Å². The van der Waals surface area contributed by atoms with Crippen LogP contribution in [0.3, 0.4) is 0 Å². The molecule has 11 heteroatoms. The van der Waals surface area contributed by atoms with E-state index in [2.05, 4.69) is 14.9 Å². The largest absolute Gasteiger partial charge is 0.480 e. The summed E-state index contributed by atoms with van der Waals surface area (Å²) in [4.78, 5) is 16.1. The zero-order valence-electron chi connectivity index (χ0n) is 19.0. The van der Waals surface area contributed by atoms with Gasteiger partial charge in [-0.2, -0.15) is 9.71 Å². The van der Waals surface area contributed by atoms with Crippen molar-refractivity contribution in [1.82, 2.24) is 14.9 Å². The van der Waals surface area contributed by atoms with Crippen molar-refractivity contribution in [2.24, 2.45) is 0 Å². The molecule has 1 aliphatic rings. The van der Waals surface area contributed by atoms with Crippen LogP contribution in [0.1, 0.15) is 55.0 Å². The third-order valence-corrected chi connectivity index (χ3v) is 8.24. The molecule has 0 amide bonds. The van der Waals surface area contributed by atoms with Gasteiger partial charge >= 0.3 is 5.97 Å². The van der Waals surface area contributed by atoms with Crippen LogP contribution < -0.4 is 4.72 Å². The molecule has 2 N–H and O–H groups in total. The number of halogens is 2. The fraction of sp³-hybridized carbons (Fsp3) is 0.375. The zero-order valence-corrected chi connectivity index (χ0v) is 20.6. The van der Waals surface area contributed by atoms with Crippen LogP contribution in [0.15, 0.2) is 45.8 Å². The zero-order chi connectivity index (χ0) is 25.2. The second-order valence-electron chi connectivity index (χ2n) is 8.68. The number of aromatic nitrogens is 2. The number of benzene rings is 2. The second kappa shape index (κ2) is 10.4. The van der Waals surface area contributed by atoms with E-state index in [-0.39, 0.29) is 33.6 Å². The number of rotatable bonds is 8. The van der Waals surface area contributed by atoms with E-state index in [0.717, 1.165) is 31.7 Å². The van der Waals surface area contributed by atoms with Gasteiger partial charge in [0.2, 0.25) is 21.7 Å². The molecule has 0 saturated heterocycles. The third kappa shape index (κ3) is 5.71. The normalized spacial score (nSPS) is 15.7. The number of carboxylic acids is 1. The summed E-state index contributed by atoms with van der Waals surface area (Å²) in [6, 6.07) is 6.93. The maximum atomic E-state index is 14.9. The van der Waals surface area contributed by atoms with Crippen molar-refractivity contribution < 1.29 is 27.2 Å². The van der Waals surface area contributed by atoms with Gasteiger partial charge < -0.3 is 9.63 Å². The lowest BCUT2D eigenvalue weighted by Crippen LogP contribution is -2.42. The summed E-state index contributed by atoms with van der Waals surface area (Å²) in [6.45, 7) is 1.53. The van der Waals surface area contributed by atoms with Gasteiger partial charge in [-0.05, 0) is 61.6 Å². The molecule has 0 aliphatic heterocycles. The van der Waals surface area contributed by atoms with Gasteiger partial charge in [0.25, 0.3) is 0 Å². The predicted molar refractivity (Wildman–Crippen MR) is 127 cm³/mol. The summed E-state index contributed by atoms with van der Waals surface area (Å²) in [5.41, 5.74) is 0.718. The van der Waals surface area contributed by atoms with Crippen LogP contribution in [-0.2, 0) is 21.2 Å². The van der Waals surface area contributed by atoms with E-state index in [0.29, 0.717) is 17.0 Å². The van der Waals surface area contributed by atoms with Crippen LogP contribution in [-0.4, -0.2) is 35.7 Å². The second-order valence-corrected chi connectivity index (χ2v) is 10.8. The van der Waals surface area contributed by atoms with Gasteiger partial charge in [-0.25, -0.2) is 12.8 Å². The molecule has 0 radical (unpaired) electrons. The minimum Gasteiger partial charge on any atom is -0.480 e. The van der Waals surface area contributed by atoms with Crippen molar-refractivity contribution in [2.45, 2.75) is 62.3 Å². The Morgan fingerprint density at radius 2 is 2.00 bits per heavy atom. The molecule has 1 saturated carbocycles. The van der Waals surface area contributed by atoms with E-state index in [1.165, 1.54) is 43.7 Å². The summed E-state index contributed by atoms with van der Waals surface area (Å²) in [5, 5.41) is 13.8. The summed E-state index contributed by atoms with van der Waals surface area (Å²) < 4.78 is 48.1. The first-order chi connectivity index (χ1) is 16.7. The van der Waals surface area contributed by atoms with Gasteiger partial charge in [0, 0.05) is 10.9 Å². The Hall–Kier alpha value is -2.82. The van der Waals surface area contributed by atoms with E-state index in [4.69, 9.17) is 16.1 Å². The molecule has 0 spiro atoms. The number of hydrogen-bond acceptors (Lipinski definition) is 6. The van der Waals surface area contributed by atoms with Crippen molar-refractivity contribution in [3.05, 3.63) is 64.3 Å². The number of nitrogens with one attached hydrogen (secondary N) is 1. The predicted octanol–water partition coefficient (Wildman–Crippen LogP) is 4.86. The summed E-state index contributed by atoms with van der Waals surface area (Å²) >= 11 is 6.01. The number of sulfonamides is 1. The summed E-state index contributed by atoms with van der Waals surface area (Å²) in [6.07, 6.45) is 5.02. The molecule has 8 nitrogen and oxygen atoms in total. The van der Waals surface area contributed by atoms with Crippen LogP contribution in [0.5, 0.6) is 0 Å². The minimum atomic E-state index is -4.19. The molecular formula is C24H25ClFN3O5S. The lowest BCUT2D eigenvalue weighted by Gasteiger charge is -2.17. The number of nitrogens with zero attached hydrogens (tertiary/aromatic N) is 2. The van der Waals surface area contributed by atoms with Gasteiger partial charge in [0.1, 0.15) is 11.9 Å². The highest BCUT2D eigenvalue weighted by Crippen LogP contribution is 2.33. The summed E-state index contributed by atoms with van der Waals surface area (Å²) in [7, 11) is -4.19. The van der Waals surface area contributed by atoms with Crippen LogP contribution >= 0.6 is 11.6 Å². The monoisotopic (exact) mass is 521 g/mol. The van der Waals surface area contributed by atoms with Crippen LogP contribution in [0.4, 0.5) is 4.39 Å². The molecule has 1 heterocycles. The van der Waals surface area contributed by atoms with Crippen molar-refractivity contribution in [3.63, 3.8) is 0 Å². The first kappa shape index (κ1) is 25.3. The number of carbonyl (C=O) groups is 1. The quantitative estimate of drug-likeness (QED) is 0.434. The molecular weight excluding hydrogens is 497 g/mol. The molecule has 1 aromatic heterocycles. The Kier molecular flexibility index (Phi) is 7.53. The Bertz CT molecular complexity index is 1340. The maximum absolute atomic E-state index is 14.9. The van der Waals surface area contributed by atoms with Gasteiger partial charge in [0.05, 0.1) is 10.5 Å². The van der Waals surface area contributed by atoms with E-state index >= 15 is 0 Å². The molecule has 2 aromatic carbocycles. The van der Waals surface area contributed by atoms with Crippen molar-refractivity contribution in [1.29, 1.82) is 0 Å². The van der Waals surface area contributed by atoms with E-state index in [1.54, 1.807) is 0 Å². The third-order valence-electron chi connectivity index (χ3n) is 6.21. The number of hydrogen-bond donors (Lipinski definition) is 2. The topological polar surface area (TPSA) is 122 Å². The van der Waals surface area contributed by atoms with E-state index < -0.39 is 27.9 Å². The number of carboxylic acid groups (broad SMARTS) is 1. The smallest absolute Gasteiger partial charge is 0.322 e. The molecule has 1 unspecified atom stereocenters. The average molecular weight is 522 g/mol. The molecule has 3 aromatic rings. The molecule has 1 fully saturated rings. The molecule has 0 bridgehead atoms. The fourth-order valence-electron chi connectivity index (χ4n) is 4.27. The van der Waals surface area contributed by atoms with Crippen molar-refractivity contribution in [2.75, 3.05) is 0 Å². The number of aliphatic carboxylic acids is 1. The minimum absolute atomic E-state index is 0.122. The fourth-order valence-corrected chi connectivity index (χ4v) is 5.96. The highest BCUT2D eigenvalue weighted by Gasteiger charge is 2.28. The SMILES string of the molecule is Cc1c(Cl)cccc1S(=O)(=O)NC(Cc1ccc(-c2noc(C3CCCCC3)n2)c(F)c1)C(=O)O. The molecule has 4 rings (SSSR count). The van der Waals surface area contributed by atoms with Crippen LogP contribution in [0, 0.1) is 12.7 Å². The Balaban J connectivity index is 1.52. The first-order valence-corrected chi connectivity index (χ1v) is 13.1. The Labute approximate surface area is 207 Å². The highest BCUT2D eigenvalue weighted by molar-refractivity contribution is 7.89. The van der Waals surface area contributed by atoms with Crippen molar-refractivity contribution in [3.8, 4) is 11.4 Å². The maximum Gasteiger partial charge on any atom is 0.322 e. The van der Waals surface area contributed by atoms with Crippen LogP contribution in [0.25, 0.3) is 11.4 Å². The van der Waals surface area contributed by atoms with Gasteiger partial charge in [-0.3, -0.25) is 4.79 Å². The van der Waals surface area contributed by atoms with Gasteiger partial charge in [-0.15, -0.1) is 0 Å². The first-order valence-electron chi connectivity index (χ1n) is 11.3. The lowest BCUT2D eigenvalue weighted by atomic mass is 9.89. The Morgan fingerprint density at radius 1 is 1.26 bits per heavy atom. The lowest BCUT2D eigenvalue weighted by molar-refractivity contribution is -0.138. The highest BCUT2D eigenvalue weighted by atomic mass is 35.5. The molecule has 186 valence electrons. The van der Waals surface area contributed by atoms with Gasteiger partial charge in [0.15, 0.2) is 0 Å². The molecule has 1 atom stereocenters. The molecule has 1 aliphatic carbocycles. The summed E-state index contributed by atoms with van der Waals surface area (Å²) in [5.74, 6) is -1.25. The molecule has 35 heavy (non-hydrogen) atoms. The van der Waals surface area contributed by atoms with E-state index in [9.17, 15) is 22.7 Å². The standard InChI is InChI=1S/C24H25ClFN3O5S/c1-14-18(25)8-5-9-21(14)35(32,33)29-20(24(30)31)13-15-10-11-17(19(26)12-15)22-27-23(34-28-22)16-6-3-2-4-7-16/h5,8-12,16,20,29H,2-4,6-7,13H2,1H3,(H,30,31).